The molecule has 0 spiro atoms. The van der Waals surface area contributed by atoms with E-state index in [1.54, 1.807) is 20.3 Å². The minimum absolute atomic E-state index is 0.0880. The molecule has 0 radical (unpaired) electrons. The molecule has 0 aliphatic rings. The molecule has 0 unspecified atom stereocenters. The quantitative estimate of drug-likeness (QED) is 0.750. The minimum Gasteiger partial charge on any atom is -0.413 e. The van der Waals surface area contributed by atoms with Gasteiger partial charge >= 0.3 is 6.61 Å². The summed E-state index contributed by atoms with van der Waals surface area (Å²) in [7, 11) is 3.23. The summed E-state index contributed by atoms with van der Waals surface area (Å²) >= 11 is 0. The van der Waals surface area contributed by atoms with E-state index < -0.39 is 6.61 Å². The van der Waals surface area contributed by atoms with Crippen LogP contribution in [-0.4, -0.2) is 23.4 Å². The number of aromatic nitrogens is 2. The van der Waals surface area contributed by atoms with Crippen LogP contribution < -0.4 is 10.1 Å². The van der Waals surface area contributed by atoms with E-state index in [-0.39, 0.29) is 5.88 Å². The Morgan fingerprint density at radius 1 is 1.67 bits per heavy atom. The number of anilines is 1. The number of alkyl halides is 2. The van der Waals surface area contributed by atoms with Gasteiger partial charge in [-0.25, -0.2) is 0 Å². The highest BCUT2D eigenvalue weighted by Crippen LogP contribution is 2.22. The lowest BCUT2D eigenvalue weighted by atomic mass is 10.5. The Hall–Kier alpha value is -1.33. The number of hydrogen-bond donors (Lipinski definition) is 1. The van der Waals surface area contributed by atoms with Crippen LogP contribution in [0.15, 0.2) is 6.20 Å². The maximum absolute atomic E-state index is 11.7. The van der Waals surface area contributed by atoms with E-state index in [2.05, 4.69) is 15.2 Å². The van der Waals surface area contributed by atoms with Crippen LogP contribution in [-0.2, 0) is 7.05 Å². The van der Waals surface area contributed by atoms with Crippen LogP contribution in [0.1, 0.15) is 0 Å². The second-order valence-electron chi connectivity index (χ2n) is 2.15. The van der Waals surface area contributed by atoms with E-state index >= 15 is 0 Å². The highest BCUT2D eigenvalue weighted by atomic mass is 19.3. The van der Waals surface area contributed by atoms with Gasteiger partial charge in [0.15, 0.2) is 0 Å². The highest BCUT2D eigenvalue weighted by molar-refractivity contribution is 5.50. The van der Waals surface area contributed by atoms with Crippen LogP contribution in [0.25, 0.3) is 0 Å². The van der Waals surface area contributed by atoms with E-state index in [1.807, 2.05) is 0 Å². The molecule has 68 valence electrons. The first-order chi connectivity index (χ1) is 5.63. The SMILES string of the molecule is CNc1cn(C)nc1OC(F)F. The highest BCUT2D eigenvalue weighted by Gasteiger charge is 2.12. The molecule has 1 aromatic heterocycles. The van der Waals surface area contributed by atoms with Crippen molar-refractivity contribution in [3.63, 3.8) is 0 Å². The molecule has 1 N–H and O–H groups in total. The van der Waals surface area contributed by atoms with Gasteiger partial charge < -0.3 is 10.1 Å². The van der Waals surface area contributed by atoms with Crippen LogP contribution in [0.5, 0.6) is 5.88 Å². The molecule has 1 rings (SSSR count). The third kappa shape index (κ3) is 1.84. The van der Waals surface area contributed by atoms with Crippen LogP contribution in [0.4, 0.5) is 14.5 Å². The van der Waals surface area contributed by atoms with Crippen molar-refractivity contribution in [2.75, 3.05) is 12.4 Å². The summed E-state index contributed by atoms with van der Waals surface area (Å²) < 4.78 is 29.0. The third-order valence-electron chi connectivity index (χ3n) is 1.26. The molecule has 0 amide bonds. The van der Waals surface area contributed by atoms with Gasteiger partial charge in [-0.15, -0.1) is 5.10 Å². The van der Waals surface area contributed by atoms with Crippen molar-refractivity contribution in [1.29, 1.82) is 0 Å². The number of hydrogen-bond acceptors (Lipinski definition) is 3. The molecule has 0 aliphatic carbocycles. The van der Waals surface area contributed by atoms with Crippen molar-refractivity contribution >= 4 is 5.69 Å². The summed E-state index contributed by atoms with van der Waals surface area (Å²) in [5, 5.41) is 6.35. The molecular weight excluding hydrogens is 168 g/mol. The van der Waals surface area contributed by atoms with Crippen molar-refractivity contribution in [2.24, 2.45) is 7.05 Å². The van der Waals surface area contributed by atoms with Gasteiger partial charge in [0.25, 0.3) is 5.88 Å². The van der Waals surface area contributed by atoms with E-state index in [1.165, 1.54) is 4.68 Å². The largest absolute Gasteiger partial charge is 0.413 e. The Labute approximate surface area is 68.1 Å². The molecule has 6 heteroatoms. The number of nitrogens with zero attached hydrogens (tertiary/aromatic N) is 2. The predicted octanol–water partition coefficient (Wildman–Crippen LogP) is 1.06. The van der Waals surface area contributed by atoms with Crippen molar-refractivity contribution < 1.29 is 13.5 Å². The zero-order valence-corrected chi connectivity index (χ0v) is 6.71. The average molecular weight is 177 g/mol. The number of rotatable bonds is 3. The predicted molar refractivity (Wildman–Crippen MR) is 39.4 cm³/mol. The first-order valence-electron chi connectivity index (χ1n) is 3.29. The van der Waals surface area contributed by atoms with Gasteiger partial charge in [0.05, 0.1) is 6.20 Å². The Morgan fingerprint density at radius 3 is 2.83 bits per heavy atom. The molecule has 0 aromatic carbocycles. The van der Waals surface area contributed by atoms with Crippen LogP contribution in [0.3, 0.4) is 0 Å². The van der Waals surface area contributed by atoms with Crippen molar-refractivity contribution in [2.45, 2.75) is 6.61 Å². The van der Waals surface area contributed by atoms with Crippen molar-refractivity contribution in [1.82, 2.24) is 9.78 Å². The summed E-state index contributed by atoms with van der Waals surface area (Å²) in [4.78, 5) is 0. The molecule has 0 saturated heterocycles. The lowest BCUT2D eigenvalue weighted by Gasteiger charge is -2.01. The van der Waals surface area contributed by atoms with Crippen molar-refractivity contribution in [3.8, 4) is 5.88 Å². The van der Waals surface area contributed by atoms with Gasteiger partial charge in [-0.3, -0.25) is 4.68 Å². The minimum atomic E-state index is -2.84. The fourth-order valence-electron chi connectivity index (χ4n) is 0.811. The standard InChI is InChI=1S/C6H9F2N3O/c1-9-4-3-11(2)10-5(4)12-6(7)8/h3,6,9H,1-2H3. The lowest BCUT2D eigenvalue weighted by molar-refractivity contribution is -0.0526. The second-order valence-corrected chi connectivity index (χ2v) is 2.15. The number of nitrogens with one attached hydrogen (secondary N) is 1. The fraction of sp³-hybridized carbons (Fsp3) is 0.500. The maximum atomic E-state index is 11.7. The van der Waals surface area contributed by atoms with Crippen molar-refractivity contribution in [3.05, 3.63) is 6.20 Å². The lowest BCUT2D eigenvalue weighted by Crippen LogP contribution is -2.04. The Kier molecular flexibility index (Phi) is 2.47. The summed E-state index contributed by atoms with van der Waals surface area (Å²) in [6.45, 7) is -2.84. The van der Waals surface area contributed by atoms with Gasteiger partial charge in [-0.1, -0.05) is 0 Å². The van der Waals surface area contributed by atoms with Gasteiger partial charge in [0.2, 0.25) is 0 Å². The molecule has 4 nitrogen and oxygen atoms in total. The molecule has 0 aliphatic heterocycles. The molecule has 0 saturated carbocycles. The smallest absolute Gasteiger partial charge is 0.388 e. The van der Waals surface area contributed by atoms with E-state index in [0.29, 0.717) is 5.69 Å². The summed E-state index contributed by atoms with van der Waals surface area (Å²) in [5.74, 6) is -0.0880. The van der Waals surface area contributed by atoms with Gasteiger partial charge in [0, 0.05) is 14.1 Å². The molecule has 0 bridgehead atoms. The third-order valence-corrected chi connectivity index (χ3v) is 1.26. The van der Waals surface area contributed by atoms with Crippen LogP contribution in [0, 0.1) is 0 Å². The summed E-state index contributed by atoms with van der Waals surface area (Å²) in [5.41, 5.74) is 0.442. The van der Waals surface area contributed by atoms with Gasteiger partial charge in [-0.2, -0.15) is 8.78 Å². The number of aryl methyl sites for hydroxylation is 1. The fourth-order valence-corrected chi connectivity index (χ4v) is 0.811. The van der Waals surface area contributed by atoms with Crippen LogP contribution in [0.2, 0.25) is 0 Å². The van der Waals surface area contributed by atoms with E-state index in [4.69, 9.17) is 0 Å². The summed E-state index contributed by atoms with van der Waals surface area (Å²) in [6, 6.07) is 0. The zero-order chi connectivity index (χ0) is 9.14. The van der Waals surface area contributed by atoms with Gasteiger partial charge in [0.1, 0.15) is 5.69 Å². The maximum Gasteiger partial charge on any atom is 0.388 e. The first-order valence-corrected chi connectivity index (χ1v) is 3.29. The summed E-state index contributed by atoms with van der Waals surface area (Å²) in [6.07, 6.45) is 1.55. The second kappa shape index (κ2) is 3.38. The Balaban J connectivity index is 2.81. The monoisotopic (exact) mass is 177 g/mol. The molecular formula is C6H9F2N3O. The van der Waals surface area contributed by atoms with E-state index in [0.717, 1.165) is 0 Å². The zero-order valence-electron chi connectivity index (χ0n) is 6.71. The molecule has 0 fully saturated rings. The average Bonchev–Trinajstić information content (AvgIpc) is 2.29. The molecule has 12 heavy (non-hydrogen) atoms. The molecule has 1 aromatic rings. The van der Waals surface area contributed by atoms with Crippen LogP contribution >= 0.6 is 0 Å². The molecule has 0 atom stereocenters. The first kappa shape index (κ1) is 8.76. The normalized spacial score (nSPS) is 10.4. The Morgan fingerprint density at radius 2 is 2.33 bits per heavy atom. The number of ether oxygens (including phenoxy) is 1. The molecule has 1 heterocycles. The topological polar surface area (TPSA) is 39.1 Å². The van der Waals surface area contributed by atoms with E-state index in [9.17, 15) is 8.78 Å². The Bertz CT molecular complexity index is 261. The number of halogens is 2. The van der Waals surface area contributed by atoms with Gasteiger partial charge in [-0.05, 0) is 0 Å².